The largest absolute Gasteiger partial charge is 0.508 e. The van der Waals surface area contributed by atoms with Gasteiger partial charge in [0.15, 0.2) is 0 Å². The van der Waals surface area contributed by atoms with Crippen molar-refractivity contribution in [2.75, 3.05) is 4.90 Å². The summed E-state index contributed by atoms with van der Waals surface area (Å²) < 4.78 is 13.6. The van der Waals surface area contributed by atoms with Crippen molar-refractivity contribution in [1.29, 1.82) is 0 Å². The van der Waals surface area contributed by atoms with E-state index in [1.807, 2.05) is 6.08 Å². The fourth-order valence-electron chi connectivity index (χ4n) is 4.57. The van der Waals surface area contributed by atoms with Gasteiger partial charge < -0.3 is 5.11 Å². The Labute approximate surface area is 172 Å². The van der Waals surface area contributed by atoms with E-state index < -0.39 is 23.1 Å². The van der Waals surface area contributed by atoms with Crippen LogP contribution in [-0.2, 0) is 9.59 Å². The third kappa shape index (κ3) is 2.80. The summed E-state index contributed by atoms with van der Waals surface area (Å²) in [5.74, 6) is -2.16. The van der Waals surface area contributed by atoms with E-state index in [2.05, 4.69) is 6.58 Å². The minimum atomic E-state index is -1.05. The highest BCUT2D eigenvalue weighted by Gasteiger charge is 2.62. The summed E-state index contributed by atoms with van der Waals surface area (Å²) in [6.07, 6.45) is 4.04. The van der Waals surface area contributed by atoms with Crippen molar-refractivity contribution in [3.63, 3.8) is 0 Å². The van der Waals surface area contributed by atoms with Crippen LogP contribution in [0.25, 0.3) is 0 Å². The number of hydrogen-bond acceptors (Lipinski definition) is 3. The van der Waals surface area contributed by atoms with Crippen molar-refractivity contribution in [2.45, 2.75) is 19.3 Å². The molecule has 3 atom stereocenters. The van der Waals surface area contributed by atoms with Crippen molar-refractivity contribution in [1.82, 2.24) is 0 Å². The van der Waals surface area contributed by atoms with Gasteiger partial charge in [0.2, 0.25) is 11.8 Å². The maximum Gasteiger partial charge on any atom is 0.241 e. The molecule has 4 nitrogen and oxygen atoms in total. The van der Waals surface area contributed by atoms with E-state index >= 15 is 0 Å². The number of phenols is 1. The van der Waals surface area contributed by atoms with Crippen molar-refractivity contribution >= 4 is 29.1 Å². The lowest BCUT2D eigenvalue weighted by Gasteiger charge is -2.40. The lowest BCUT2D eigenvalue weighted by atomic mass is 9.60. The zero-order chi connectivity index (χ0) is 20.9. The molecule has 2 aliphatic rings. The van der Waals surface area contributed by atoms with Crippen LogP contribution in [0.1, 0.15) is 24.8 Å². The van der Waals surface area contributed by atoms with E-state index in [1.165, 1.54) is 12.1 Å². The quantitative estimate of drug-likeness (QED) is 0.724. The van der Waals surface area contributed by atoms with Crippen LogP contribution in [0, 0.1) is 17.2 Å². The van der Waals surface area contributed by atoms with Crippen molar-refractivity contribution in [2.24, 2.45) is 11.3 Å². The Hall–Kier alpha value is -2.92. The minimum absolute atomic E-state index is 0.117. The number of allylic oxidation sites excluding steroid dienone is 3. The number of nitrogens with zero attached hydrogens (tertiary/aromatic N) is 1. The average Bonchev–Trinajstić information content (AvgIpc) is 2.90. The maximum absolute atomic E-state index is 13.6. The summed E-state index contributed by atoms with van der Waals surface area (Å²) in [7, 11) is 0. The van der Waals surface area contributed by atoms with Crippen LogP contribution in [0.2, 0.25) is 5.02 Å². The van der Waals surface area contributed by atoms with E-state index in [4.69, 9.17) is 11.6 Å². The first kappa shape index (κ1) is 19.4. The molecule has 148 valence electrons. The SMILES string of the molecule is C=CC1=CCC2C(=O)N(c3ccc(F)c(Cl)c3)C(=O)C2(C)C1c1ccc(O)cc1. The number of carbonyl (C=O) groups is 2. The van der Waals surface area contributed by atoms with Crippen LogP contribution in [0.3, 0.4) is 0 Å². The lowest BCUT2D eigenvalue weighted by Crippen LogP contribution is -2.41. The molecule has 1 saturated heterocycles. The summed E-state index contributed by atoms with van der Waals surface area (Å²) in [4.78, 5) is 28.0. The number of imide groups is 1. The molecule has 6 heteroatoms. The number of benzene rings is 2. The maximum atomic E-state index is 13.6. The van der Waals surface area contributed by atoms with Crippen LogP contribution in [-0.4, -0.2) is 16.9 Å². The van der Waals surface area contributed by atoms with Crippen LogP contribution >= 0.6 is 11.6 Å². The molecule has 1 fully saturated rings. The second-order valence-electron chi connectivity index (χ2n) is 7.58. The highest BCUT2D eigenvalue weighted by Crippen LogP contribution is 2.56. The average molecular weight is 412 g/mol. The number of rotatable bonds is 3. The first-order valence-corrected chi connectivity index (χ1v) is 9.61. The number of amides is 2. The Morgan fingerprint density at radius 2 is 1.93 bits per heavy atom. The summed E-state index contributed by atoms with van der Waals surface area (Å²) >= 11 is 5.89. The number of phenolic OH excluding ortho intramolecular Hbond substituents is 1. The van der Waals surface area contributed by atoms with Gasteiger partial charge in [-0.1, -0.05) is 42.5 Å². The Morgan fingerprint density at radius 3 is 2.55 bits per heavy atom. The monoisotopic (exact) mass is 411 g/mol. The zero-order valence-corrected chi connectivity index (χ0v) is 16.5. The standard InChI is InChI=1S/C23H19ClFNO3/c1-3-13-6-10-17-21(28)26(15-7-11-19(25)18(24)12-15)22(29)23(17,2)20(13)14-4-8-16(27)9-5-14/h3-9,11-12,17,20,27H,1,10H2,2H3. The molecule has 2 amide bonds. The lowest BCUT2D eigenvalue weighted by molar-refractivity contribution is -0.127. The summed E-state index contributed by atoms with van der Waals surface area (Å²) in [5.41, 5.74) is 0.871. The smallest absolute Gasteiger partial charge is 0.241 e. The van der Waals surface area contributed by atoms with E-state index in [-0.39, 0.29) is 28.3 Å². The van der Waals surface area contributed by atoms with Gasteiger partial charge in [-0.05, 0) is 54.8 Å². The van der Waals surface area contributed by atoms with Gasteiger partial charge in [0.25, 0.3) is 0 Å². The molecule has 3 unspecified atom stereocenters. The van der Waals surface area contributed by atoms with Crippen LogP contribution in [0.5, 0.6) is 5.75 Å². The molecule has 0 bridgehead atoms. The first-order chi connectivity index (χ1) is 13.8. The summed E-state index contributed by atoms with van der Waals surface area (Å²) in [6, 6.07) is 10.4. The van der Waals surface area contributed by atoms with Gasteiger partial charge in [-0.2, -0.15) is 0 Å². The second-order valence-corrected chi connectivity index (χ2v) is 7.99. The normalized spacial score (nSPS) is 26.3. The topological polar surface area (TPSA) is 57.6 Å². The van der Waals surface area contributed by atoms with E-state index in [1.54, 1.807) is 37.3 Å². The van der Waals surface area contributed by atoms with Gasteiger partial charge in [-0.25, -0.2) is 9.29 Å². The van der Waals surface area contributed by atoms with E-state index in [9.17, 15) is 19.1 Å². The number of fused-ring (bicyclic) bond motifs is 1. The van der Waals surface area contributed by atoms with Crippen LogP contribution in [0.15, 0.2) is 66.8 Å². The highest BCUT2D eigenvalue weighted by atomic mass is 35.5. The third-order valence-electron chi connectivity index (χ3n) is 6.05. The van der Waals surface area contributed by atoms with Crippen molar-refractivity contribution in [3.8, 4) is 5.75 Å². The van der Waals surface area contributed by atoms with E-state index in [0.29, 0.717) is 6.42 Å². The fourth-order valence-corrected chi connectivity index (χ4v) is 4.74. The molecule has 0 radical (unpaired) electrons. The van der Waals surface area contributed by atoms with Gasteiger partial charge in [-0.15, -0.1) is 0 Å². The molecule has 4 rings (SSSR count). The van der Waals surface area contributed by atoms with E-state index in [0.717, 1.165) is 22.1 Å². The number of carbonyl (C=O) groups excluding carboxylic acids is 2. The molecule has 2 aromatic rings. The van der Waals surface area contributed by atoms with Gasteiger partial charge in [-0.3, -0.25) is 9.59 Å². The Kier molecular flexibility index (Phi) is 4.58. The number of aromatic hydroxyl groups is 1. The Bertz CT molecular complexity index is 1060. The molecule has 1 N–H and O–H groups in total. The fraction of sp³-hybridized carbons (Fsp3) is 0.217. The molecular formula is C23H19ClFNO3. The van der Waals surface area contributed by atoms with Gasteiger partial charge in [0.05, 0.1) is 22.0 Å². The van der Waals surface area contributed by atoms with Crippen molar-refractivity contribution < 1.29 is 19.1 Å². The van der Waals surface area contributed by atoms with Gasteiger partial charge in [0, 0.05) is 5.92 Å². The Balaban J connectivity index is 1.85. The van der Waals surface area contributed by atoms with Crippen LogP contribution < -0.4 is 4.90 Å². The molecule has 1 aliphatic heterocycles. The molecule has 29 heavy (non-hydrogen) atoms. The van der Waals surface area contributed by atoms with Gasteiger partial charge in [0.1, 0.15) is 11.6 Å². The molecule has 0 aromatic heterocycles. The highest BCUT2D eigenvalue weighted by molar-refractivity contribution is 6.31. The van der Waals surface area contributed by atoms with Crippen molar-refractivity contribution in [3.05, 3.63) is 83.2 Å². The Morgan fingerprint density at radius 1 is 1.24 bits per heavy atom. The number of halogens is 2. The minimum Gasteiger partial charge on any atom is -0.508 e. The van der Waals surface area contributed by atoms with Gasteiger partial charge >= 0.3 is 0 Å². The molecule has 0 spiro atoms. The predicted molar refractivity (Wildman–Crippen MR) is 109 cm³/mol. The number of hydrogen-bond donors (Lipinski definition) is 1. The zero-order valence-electron chi connectivity index (χ0n) is 15.7. The molecule has 1 heterocycles. The first-order valence-electron chi connectivity index (χ1n) is 9.24. The molecule has 1 aliphatic carbocycles. The number of anilines is 1. The molecule has 2 aromatic carbocycles. The molecular weight excluding hydrogens is 393 g/mol. The predicted octanol–water partition coefficient (Wildman–Crippen LogP) is 4.98. The summed E-state index contributed by atoms with van der Waals surface area (Å²) in [5, 5.41) is 9.51. The molecule has 0 saturated carbocycles. The summed E-state index contributed by atoms with van der Waals surface area (Å²) in [6.45, 7) is 5.67. The third-order valence-corrected chi connectivity index (χ3v) is 6.34. The van der Waals surface area contributed by atoms with Crippen LogP contribution in [0.4, 0.5) is 10.1 Å². The second kappa shape index (κ2) is 6.85.